The van der Waals surface area contributed by atoms with Gasteiger partial charge in [0.15, 0.2) is 10.1 Å². The van der Waals surface area contributed by atoms with Gasteiger partial charge in [0.05, 0.1) is 7.92 Å². The molecule has 0 atom stereocenters. The van der Waals surface area contributed by atoms with Gasteiger partial charge in [-0.3, -0.25) is 0 Å². The van der Waals surface area contributed by atoms with Crippen LogP contribution in [0, 0.1) is 0 Å². The molecule has 3 nitrogen and oxygen atoms in total. The smallest absolute Gasteiger partial charge is 0.485 e. The summed E-state index contributed by atoms with van der Waals surface area (Å²) in [7, 11) is -7.06. The second-order valence-corrected chi connectivity index (χ2v) is 13.5. The van der Waals surface area contributed by atoms with Crippen LogP contribution in [0.25, 0.3) is 0 Å². The first-order valence-corrected chi connectivity index (χ1v) is 16.6. The molecule has 0 saturated carbocycles. The lowest BCUT2D eigenvalue weighted by atomic mass is 10.1. The van der Waals surface area contributed by atoms with E-state index in [1.165, 1.54) is 91.2 Å². The van der Waals surface area contributed by atoms with Gasteiger partial charge in [-0.15, -0.1) is 0 Å². The van der Waals surface area contributed by atoms with Crippen LogP contribution in [0.3, 0.4) is 0 Å². The second-order valence-electron chi connectivity index (χ2n) is 9.66. The lowest BCUT2D eigenvalue weighted by Crippen LogP contribution is -2.21. The van der Waals surface area contributed by atoms with Crippen molar-refractivity contribution in [2.75, 3.05) is 0 Å². The molecule has 0 spiro atoms. The monoisotopic (exact) mass is 580 g/mol. The Morgan fingerprint density at radius 3 is 1.31 bits per heavy atom. The molecule has 0 unspecified atom stereocenters. The molecule has 8 heteroatoms. The number of aryl methyl sites for hydroxylation is 2. The van der Waals surface area contributed by atoms with Crippen molar-refractivity contribution in [1.82, 2.24) is 0 Å². The predicted molar refractivity (Wildman–Crippen MR) is 158 cm³/mol. The van der Waals surface area contributed by atoms with E-state index in [1.807, 2.05) is 0 Å². The maximum atomic E-state index is 10.7. The summed E-state index contributed by atoms with van der Waals surface area (Å²) in [5.41, 5.74) is -2.68. The topological polar surface area (TPSA) is 57.2 Å². The van der Waals surface area contributed by atoms with E-state index in [9.17, 15) is 13.2 Å². The van der Waals surface area contributed by atoms with Gasteiger partial charge in [0, 0.05) is 0 Å². The Balaban J connectivity index is 0.000000580. The Kier molecular flexibility index (Phi) is 14.2. The fraction of sp³-hybridized carbons (Fsp3) is 0.419. The van der Waals surface area contributed by atoms with Crippen molar-refractivity contribution in [2.45, 2.75) is 83.6 Å². The van der Waals surface area contributed by atoms with E-state index < -0.39 is 23.5 Å². The molecule has 0 aliphatic carbocycles. The number of hydrogen-bond donors (Lipinski definition) is 0. The van der Waals surface area contributed by atoms with E-state index >= 15 is 0 Å². The van der Waals surface area contributed by atoms with Crippen molar-refractivity contribution in [1.29, 1.82) is 0 Å². The number of benzene rings is 3. The standard InChI is InChI=1S/C30H39P.CHF3O3S/c1-3-5-7-10-14-26-18-22-29(23-19-26)31(28-16-12-9-13-17-28)30-24-20-27(21-25-30)15-11-8-6-4-2;2-1(3,4)8(5,6)7/h9,12-13,16-25H,3-8,10-11,14-15H2,1-2H3;(H,5,6,7). The van der Waals surface area contributed by atoms with E-state index in [0.29, 0.717) is 0 Å². The summed E-state index contributed by atoms with van der Waals surface area (Å²) < 4.78 is 58.9. The zero-order valence-electron chi connectivity index (χ0n) is 22.8. The van der Waals surface area contributed by atoms with Gasteiger partial charge in [-0.25, -0.2) is 8.42 Å². The number of hydrogen-bond acceptors (Lipinski definition) is 3. The van der Waals surface area contributed by atoms with Gasteiger partial charge in [-0.05, 0) is 73.2 Å². The van der Waals surface area contributed by atoms with Crippen LogP contribution in [-0.4, -0.2) is 18.5 Å². The Hall–Kier alpha value is -2.21. The summed E-state index contributed by atoms with van der Waals surface area (Å²) in [6.07, 6.45) is 13.1. The molecule has 39 heavy (non-hydrogen) atoms. The zero-order valence-corrected chi connectivity index (χ0v) is 24.7. The Labute approximate surface area is 233 Å². The summed E-state index contributed by atoms with van der Waals surface area (Å²) in [5, 5.41) is 4.45. The summed E-state index contributed by atoms with van der Waals surface area (Å²) in [6, 6.07) is 30.2. The number of unbranched alkanes of at least 4 members (excludes halogenated alkanes) is 6. The molecular formula is C31H40F3O3PS. The first-order valence-electron chi connectivity index (χ1n) is 13.7. The molecule has 0 aliphatic heterocycles. The molecule has 3 aromatic carbocycles. The summed E-state index contributed by atoms with van der Waals surface area (Å²) in [5.74, 6) is 0. The molecular weight excluding hydrogens is 540 g/mol. The van der Waals surface area contributed by atoms with Crippen LogP contribution in [0.1, 0.15) is 76.3 Å². The molecule has 3 rings (SSSR count). The van der Waals surface area contributed by atoms with Crippen LogP contribution in [0.2, 0.25) is 0 Å². The maximum Gasteiger partial charge on any atom is 0.485 e. The lowest BCUT2D eigenvalue weighted by Gasteiger charge is -2.12. The molecule has 0 amide bonds. The first-order chi connectivity index (χ1) is 18.6. The number of halogens is 3. The third-order valence-corrected chi connectivity index (χ3v) is 9.77. The highest BCUT2D eigenvalue weighted by molar-refractivity contribution is 7.86. The van der Waals surface area contributed by atoms with Gasteiger partial charge >= 0.3 is 5.51 Å². The Morgan fingerprint density at radius 1 is 0.615 bits per heavy atom. The minimum absolute atomic E-state index is 0.967. The van der Waals surface area contributed by atoms with E-state index in [2.05, 4.69) is 92.7 Å². The molecule has 0 radical (unpaired) electrons. The normalized spacial score (nSPS) is 11.8. The second kappa shape index (κ2) is 16.8. The lowest BCUT2D eigenvalue weighted by molar-refractivity contribution is -0.0517. The van der Waals surface area contributed by atoms with Crippen LogP contribution in [-0.2, 0) is 23.0 Å². The summed E-state index contributed by atoms with van der Waals surface area (Å²) in [6.45, 7) is 4.56. The van der Waals surface area contributed by atoms with Gasteiger partial charge in [-0.2, -0.15) is 13.2 Å². The van der Waals surface area contributed by atoms with Gasteiger partial charge in [-0.1, -0.05) is 94.8 Å². The highest BCUT2D eigenvalue weighted by Gasteiger charge is 2.37. The molecule has 3 aromatic rings. The fourth-order valence-electron chi connectivity index (χ4n) is 4.29. The zero-order chi connectivity index (χ0) is 28.7. The summed E-state index contributed by atoms with van der Waals surface area (Å²) >= 11 is 0. The highest BCUT2D eigenvalue weighted by Crippen LogP contribution is 2.33. The molecule has 0 heterocycles. The molecule has 214 valence electrons. The minimum atomic E-state index is -6.09. The molecule has 0 bridgehead atoms. The van der Waals surface area contributed by atoms with Gasteiger partial charge in [0.1, 0.15) is 15.9 Å². The third kappa shape index (κ3) is 11.8. The van der Waals surface area contributed by atoms with E-state index in [-0.39, 0.29) is 0 Å². The molecule has 0 aliphatic rings. The Bertz CT molecular complexity index is 1130. The molecule has 0 aromatic heterocycles. The van der Waals surface area contributed by atoms with Gasteiger partial charge < -0.3 is 4.55 Å². The van der Waals surface area contributed by atoms with Crippen molar-refractivity contribution < 1.29 is 26.1 Å². The quantitative estimate of drug-likeness (QED) is 0.0912. The maximum absolute atomic E-state index is 10.7. The Morgan fingerprint density at radius 2 is 0.974 bits per heavy atom. The molecule has 0 N–H and O–H groups in total. The van der Waals surface area contributed by atoms with Crippen molar-refractivity contribution >= 4 is 34.0 Å². The largest absolute Gasteiger partial charge is 0.741 e. The molecule has 0 fully saturated rings. The number of rotatable bonds is 13. The van der Waals surface area contributed by atoms with Crippen LogP contribution >= 0.6 is 7.92 Å². The van der Waals surface area contributed by atoms with Crippen LogP contribution < -0.4 is 15.9 Å². The van der Waals surface area contributed by atoms with Crippen molar-refractivity contribution in [2.24, 2.45) is 0 Å². The van der Waals surface area contributed by atoms with Crippen LogP contribution in [0.15, 0.2) is 78.9 Å². The van der Waals surface area contributed by atoms with Crippen molar-refractivity contribution in [3.8, 4) is 0 Å². The highest BCUT2D eigenvalue weighted by atomic mass is 32.2. The minimum Gasteiger partial charge on any atom is -0.741 e. The van der Waals surface area contributed by atoms with Crippen molar-refractivity contribution in [3.63, 3.8) is 0 Å². The van der Waals surface area contributed by atoms with Crippen molar-refractivity contribution in [3.05, 3.63) is 90.0 Å². The van der Waals surface area contributed by atoms with E-state index in [0.717, 1.165) is 0 Å². The number of alkyl halides is 3. The van der Waals surface area contributed by atoms with E-state index in [1.54, 1.807) is 0 Å². The first kappa shape index (κ1) is 33.0. The SMILES string of the molecule is CCCCCCc1ccc([PH+](c2ccccc2)c2ccc(CCCCCC)cc2)cc1.O=S(=O)([O-])C(F)(F)F. The van der Waals surface area contributed by atoms with Gasteiger partial charge in [0.25, 0.3) is 0 Å². The van der Waals surface area contributed by atoms with Crippen LogP contribution in [0.5, 0.6) is 0 Å². The predicted octanol–water partition coefficient (Wildman–Crippen LogP) is 7.47. The summed E-state index contributed by atoms with van der Waals surface area (Å²) in [4.78, 5) is 0. The third-order valence-electron chi connectivity index (χ3n) is 6.47. The van der Waals surface area contributed by atoms with E-state index in [4.69, 9.17) is 13.0 Å². The van der Waals surface area contributed by atoms with Crippen LogP contribution in [0.4, 0.5) is 13.2 Å². The fourth-order valence-corrected chi connectivity index (χ4v) is 6.82. The van der Waals surface area contributed by atoms with Gasteiger partial charge in [0.2, 0.25) is 0 Å². The average molecular weight is 581 g/mol. The molecule has 0 saturated heterocycles. The average Bonchev–Trinajstić information content (AvgIpc) is 2.91.